The van der Waals surface area contributed by atoms with E-state index in [0.29, 0.717) is 17.3 Å². The summed E-state index contributed by atoms with van der Waals surface area (Å²) in [6, 6.07) is 3.31. The molecule has 0 amide bonds. The molecule has 1 fully saturated rings. The van der Waals surface area contributed by atoms with Gasteiger partial charge in [-0.25, -0.2) is 9.37 Å². The second kappa shape index (κ2) is 7.60. The van der Waals surface area contributed by atoms with Crippen LogP contribution in [0, 0.1) is 18.7 Å². The first-order chi connectivity index (χ1) is 13.1. The van der Waals surface area contributed by atoms with Gasteiger partial charge in [-0.2, -0.15) is 5.10 Å². The minimum atomic E-state index is -0.346. The molecule has 142 valence electrons. The van der Waals surface area contributed by atoms with Crippen LogP contribution in [0.2, 0.25) is 0 Å². The Kier molecular flexibility index (Phi) is 5.03. The van der Waals surface area contributed by atoms with Crippen molar-refractivity contribution in [2.24, 2.45) is 10.9 Å². The van der Waals surface area contributed by atoms with E-state index in [2.05, 4.69) is 25.1 Å². The van der Waals surface area contributed by atoms with Crippen LogP contribution in [0.5, 0.6) is 0 Å². The number of rotatable bonds is 4. The van der Waals surface area contributed by atoms with Crippen molar-refractivity contribution in [1.29, 1.82) is 0 Å². The van der Waals surface area contributed by atoms with E-state index in [1.165, 1.54) is 12.4 Å². The van der Waals surface area contributed by atoms with Crippen LogP contribution in [0.1, 0.15) is 36.8 Å². The van der Waals surface area contributed by atoms with E-state index in [0.717, 1.165) is 55.6 Å². The Morgan fingerprint density at radius 2 is 2.04 bits per heavy atom. The number of benzene rings is 1. The normalized spacial score (nSPS) is 22.8. The zero-order valence-electron chi connectivity index (χ0n) is 15.4. The highest BCUT2D eigenvalue weighted by Crippen LogP contribution is 2.30. The average molecular weight is 369 g/mol. The molecule has 2 aliphatic rings. The molecule has 0 radical (unpaired) electrons. The molecule has 6 nitrogen and oxygen atoms in total. The zero-order chi connectivity index (χ0) is 18.8. The fraction of sp³-hybridized carbons (Fsp3) is 0.450. The number of hydrogen-bond acceptors (Lipinski definition) is 5. The van der Waals surface area contributed by atoms with Crippen molar-refractivity contribution in [3.63, 3.8) is 0 Å². The van der Waals surface area contributed by atoms with Crippen LogP contribution < -0.4 is 0 Å². The van der Waals surface area contributed by atoms with Gasteiger partial charge < -0.3 is 10.0 Å². The number of H-pyrrole nitrogens is 1. The fourth-order valence-electron chi connectivity index (χ4n) is 3.90. The summed E-state index contributed by atoms with van der Waals surface area (Å²) in [7, 11) is 0. The Labute approximate surface area is 157 Å². The molecule has 2 heterocycles. The predicted octanol–water partition coefficient (Wildman–Crippen LogP) is 3.16. The van der Waals surface area contributed by atoms with Gasteiger partial charge in [0.2, 0.25) is 0 Å². The number of nitrogens with zero attached hydrogens (tertiary/aromatic N) is 4. The highest BCUT2D eigenvalue weighted by atomic mass is 19.1. The van der Waals surface area contributed by atoms with Gasteiger partial charge in [0.25, 0.3) is 0 Å². The number of aliphatic imine (C=N–C) groups is 1. The number of hydrogen-bond donors (Lipinski definition) is 2. The number of aliphatic hydroxyl groups excluding tert-OH is 1. The number of nitrogens with one attached hydrogen (secondary N) is 1. The Morgan fingerprint density at radius 3 is 2.78 bits per heavy atom. The standard InChI is InChI=1S/C20H24FN5O/c1-13-8-17(20-23-12-24-25-20)18(21)9-16(13)19-11-26(7-6-22-19)10-14-2-4-15(27)5-3-14/h6,8-9,11-12,14-15,27H,2-5,7,10H2,1H3,(H,23,24,25). The maximum Gasteiger partial charge on any atom is 0.158 e. The summed E-state index contributed by atoms with van der Waals surface area (Å²) in [6.45, 7) is 3.66. The van der Waals surface area contributed by atoms with E-state index < -0.39 is 0 Å². The molecule has 2 N–H and O–H groups in total. The van der Waals surface area contributed by atoms with Gasteiger partial charge >= 0.3 is 0 Å². The SMILES string of the molecule is Cc1cc(-c2ncn[nH]2)c(F)cc1C1=CN(CC2CCC(O)CC2)CC=N1. The Hall–Kier alpha value is -2.54. The van der Waals surface area contributed by atoms with E-state index in [4.69, 9.17) is 0 Å². The summed E-state index contributed by atoms with van der Waals surface area (Å²) >= 11 is 0. The fourth-order valence-corrected chi connectivity index (χ4v) is 3.90. The highest BCUT2D eigenvalue weighted by Gasteiger charge is 2.22. The molecule has 1 aliphatic carbocycles. The van der Waals surface area contributed by atoms with Gasteiger partial charge in [-0.05, 0) is 56.2 Å². The van der Waals surface area contributed by atoms with E-state index >= 15 is 0 Å². The minimum Gasteiger partial charge on any atom is -0.393 e. The van der Waals surface area contributed by atoms with Crippen molar-refractivity contribution in [1.82, 2.24) is 20.1 Å². The molecule has 0 saturated heterocycles. The van der Waals surface area contributed by atoms with Crippen LogP contribution in [-0.2, 0) is 0 Å². The molecular weight excluding hydrogens is 345 g/mol. The van der Waals surface area contributed by atoms with Crippen LogP contribution in [-0.4, -0.2) is 50.6 Å². The average Bonchev–Trinajstić information content (AvgIpc) is 3.20. The first-order valence-electron chi connectivity index (χ1n) is 9.43. The third kappa shape index (κ3) is 3.93. The summed E-state index contributed by atoms with van der Waals surface area (Å²) in [6.07, 6.45) is 9.02. The predicted molar refractivity (Wildman–Crippen MR) is 103 cm³/mol. The van der Waals surface area contributed by atoms with Gasteiger partial charge in [0.05, 0.1) is 23.9 Å². The summed E-state index contributed by atoms with van der Waals surface area (Å²) in [5.41, 5.74) is 2.91. The molecule has 0 bridgehead atoms. The van der Waals surface area contributed by atoms with Gasteiger partial charge in [0.15, 0.2) is 5.82 Å². The minimum absolute atomic E-state index is 0.135. The van der Waals surface area contributed by atoms with Gasteiger partial charge in [-0.1, -0.05) is 0 Å². The van der Waals surface area contributed by atoms with Crippen LogP contribution in [0.4, 0.5) is 4.39 Å². The van der Waals surface area contributed by atoms with Crippen molar-refractivity contribution in [3.8, 4) is 11.4 Å². The summed E-state index contributed by atoms with van der Waals surface area (Å²) in [5, 5.41) is 16.2. The molecule has 0 unspecified atom stereocenters. The maximum absolute atomic E-state index is 14.7. The maximum atomic E-state index is 14.7. The highest BCUT2D eigenvalue weighted by molar-refractivity contribution is 5.79. The van der Waals surface area contributed by atoms with Crippen LogP contribution >= 0.6 is 0 Å². The van der Waals surface area contributed by atoms with Crippen molar-refractivity contribution < 1.29 is 9.50 Å². The summed E-state index contributed by atoms with van der Waals surface area (Å²) < 4.78 is 14.7. The molecule has 1 aromatic heterocycles. The van der Waals surface area contributed by atoms with E-state index in [1.54, 1.807) is 6.07 Å². The van der Waals surface area contributed by atoms with E-state index in [9.17, 15) is 9.50 Å². The van der Waals surface area contributed by atoms with Gasteiger partial charge in [0.1, 0.15) is 12.1 Å². The third-order valence-electron chi connectivity index (χ3n) is 5.42. The molecule has 1 aliphatic heterocycles. The Morgan fingerprint density at radius 1 is 1.22 bits per heavy atom. The Balaban J connectivity index is 1.54. The van der Waals surface area contributed by atoms with Crippen molar-refractivity contribution >= 4 is 11.9 Å². The Bertz CT molecular complexity index is 854. The van der Waals surface area contributed by atoms with Crippen LogP contribution in [0.3, 0.4) is 0 Å². The first-order valence-corrected chi connectivity index (χ1v) is 9.43. The van der Waals surface area contributed by atoms with E-state index in [1.807, 2.05) is 19.3 Å². The van der Waals surface area contributed by atoms with Gasteiger partial charge in [-0.3, -0.25) is 10.1 Å². The largest absolute Gasteiger partial charge is 0.393 e. The monoisotopic (exact) mass is 369 g/mol. The lowest BCUT2D eigenvalue weighted by molar-refractivity contribution is 0.101. The molecule has 2 aromatic rings. The molecule has 0 spiro atoms. The molecule has 7 heteroatoms. The smallest absolute Gasteiger partial charge is 0.158 e. The second-order valence-electron chi connectivity index (χ2n) is 7.44. The first kappa shape index (κ1) is 17.9. The molecule has 27 heavy (non-hydrogen) atoms. The lowest BCUT2D eigenvalue weighted by atomic mass is 9.87. The summed E-state index contributed by atoms with van der Waals surface area (Å²) in [5.74, 6) is 0.662. The van der Waals surface area contributed by atoms with Crippen LogP contribution in [0.15, 0.2) is 29.7 Å². The van der Waals surface area contributed by atoms with Crippen molar-refractivity contribution in [2.45, 2.75) is 38.7 Å². The number of aromatic amines is 1. The molecule has 1 aromatic carbocycles. The molecular formula is C20H24FN5O. The van der Waals surface area contributed by atoms with Crippen molar-refractivity contribution in [3.05, 3.63) is 41.6 Å². The van der Waals surface area contributed by atoms with Crippen molar-refractivity contribution in [2.75, 3.05) is 13.1 Å². The van der Waals surface area contributed by atoms with E-state index in [-0.39, 0.29) is 11.9 Å². The summed E-state index contributed by atoms with van der Waals surface area (Å²) in [4.78, 5) is 10.8. The quantitative estimate of drug-likeness (QED) is 0.868. The number of aliphatic hydroxyl groups is 1. The zero-order valence-corrected chi connectivity index (χ0v) is 15.4. The number of aromatic nitrogens is 3. The lowest BCUT2D eigenvalue weighted by Crippen LogP contribution is -2.31. The molecule has 1 saturated carbocycles. The topological polar surface area (TPSA) is 77.4 Å². The number of aryl methyl sites for hydroxylation is 1. The lowest BCUT2D eigenvalue weighted by Gasteiger charge is -2.31. The molecule has 0 atom stereocenters. The molecule has 4 rings (SSSR count). The van der Waals surface area contributed by atoms with Crippen LogP contribution in [0.25, 0.3) is 17.1 Å². The van der Waals surface area contributed by atoms with Gasteiger partial charge in [0, 0.05) is 24.5 Å². The second-order valence-corrected chi connectivity index (χ2v) is 7.44. The number of halogens is 1. The third-order valence-corrected chi connectivity index (χ3v) is 5.42. The van der Waals surface area contributed by atoms with Gasteiger partial charge in [-0.15, -0.1) is 0 Å².